The van der Waals surface area contributed by atoms with E-state index in [2.05, 4.69) is 10.1 Å². The van der Waals surface area contributed by atoms with Gasteiger partial charge < -0.3 is 14.0 Å². The number of carbonyl (C=O) groups excluding carboxylic acids is 1. The van der Waals surface area contributed by atoms with Crippen molar-refractivity contribution in [3.05, 3.63) is 48.2 Å². The van der Waals surface area contributed by atoms with E-state index in [9.17, 15) is 4.79 Å². The zero-order chi connectivity index (χ0) is 15.8. The van der Waals surface area contributed by atoms with E-state index in [4.69, 9.17) is 4.52 Å². The molecule has 1 fully saturated rings. The number of carbonyl (C=O) groups is 1. The van der Waals surface area contributed by atoms with Gasteiger partial charge in [-0.15, -0.1) is 0 Å². The lowest BCUT2D eigenvalue weighted by atomic mass is 9.96. The lowest BCUT2D eigenvalue weighted by Crippen LogP contribution is -2.39. The minimum absolute atomic E-state index is 0.0787. The van der Waals surface area contributed by atoms with E-state index in [-0.39, 0.29) is 11.8 Å². The topological polar surface area (TPSA) is 64.2 Å². The Morgan fingerprint density at radius 3 is 3.09 bits per heavy atom. The highest BCUT2D eigenvalue weighted by Crippen LogP contribution is 2.27. The van der Waals surface area contributed by atoms with Gasteiger partial charge >= 0.3 is 0 Å². The predicted octanol–water partition coefficient (Wildman–Crippen LogP) is 2.58. The smallest absolute Gasteiger partial charge is 0.254 e. The summed E-state index contributed by atoms with van der Waals surface area (Å²) in [5.74, 6) is 0.928. The number of rotatable bonds is 2. The molecule has 0 N–H and O–H groups in total. The molecule has 4 rings (SSSR count). The van der Waals surface area contributed by atoms with Crippen LogP contribution in [0.5, 0.6) is 0 Å². The van der Waals surface area contributed by atoms with Crippen LogP contribution in [0, 0.1) is 0 Å². The lowest BCUT2D eigenvalue weighted by molar-refractivity contribution is 0.0705. The molecule has 1 aromatic carbocycles. The Labute approximate surface area is 133 Å². The Bertz CT molecular complexity index is 838. The second-order valence-electron chi connectivity index (χ2n) is 6.04. The number of piperidine rings is 1. The van der Waals surface area contributed by atoms with Gasteiger partial charge in [0, 0.05) is 48.7 Å². The van der Waals surface area contributed by atoms with Crippen LogP contribution in [0.4, 0.5) is 0 Å². The van der Waals surface area contributed by atoms with Gasteiger partial charge in [-0.25, -0.2) is 0 Å². The van der Waals surface area contributed by atoms with E-state index in [1.54, 1.807) is 0 Å². The number of aromatic nitrogens is 3. The van der Waals surface area contributed by atoms with Crippen LogP contribution in [0.25, 0.3) is 10.9 Å². The molecule has 6 heteroatoms. The standard InChI is InChI=1S/C17H18N4O2/c1-20-9-7-13-14(5-2-6-15(13)20)17(22)21-8-3-4-12(10-21)16-18-11-23-19-16/h2,5-7,9,11-12H,3-4,8,10H2,1H3. The summed E-state index contributed by atoms with van der Waals surface area (Å²) in [5, 5.41) is 4.93. The van der Waals surface area contributed by atoms with Crippen molar-refractivity contribution in [3.8, 4) is 0 Å². The molecule has 1 aliphatic heterocycles. The summed E-state index contributed by atoms with van der Waals surface area (Å²) in [5.41, 5.74) is 1.83. The Kier molecular flexibility index (Phi) is 3.37. The molecular formula is C17H18N4O2. The molecule has 1 saturated heterocycles. The summed E-state index contributed by atoms with van der Waals surface area (Å²) >= 11 is 0. The SMILES string of the molecule is Cn1ccc2c(C(=O)N3CCCC(c4ncon4)C3)cccc21. The van der Waals surface area contributed by atoms with Crippen LogP contribution < -0.4 is 0 Å². The van der Waals surface area contributed by atoms with E-state index in [0.29, 0.717) is 12.4 Å². The second-order valence-corrected chi connectivity index (χ2v) is 6.04. The van der Waals surface area contributed by atoms with Crippen LogP contribution in [0.3, 0.4) is 0 Å². The summed E-state index contributed by atoms with van der Waals surface area (Å²) in [4.78, 5) is 19.0. The highest BCUT2D eigenvalue weighted by Gasteiger charge is 2.28. The first-order chi connectivity index (χ1) is 11.2. The molecule has 0 spiro atoms. The molecule has 0 radical (unpaired) electrons. The number of amides is 1. The summed E-state index contributed by atoms with van der Waals surface area (Å²) < 4.78 is 6.87. The van der Waals surface area contributed by atoms with Crippen molar-refractivity contribution in [1.82, 2.24) is 19.6 Å². The molecule has 1 unspecified atom stereocenters. The van der Waals surface area contributed by atoms with Gasteiger partial charge in [0.15, 0.2) is 5.82 Å². The van der Waals surface area contributed by atoms with Crippen LogP contribution in [0.15, 0.2) is 41.4 Å². The van der Waals surface area contributed by atoms with Crippen LogP contribution in [-0.2, 0) is 7.05 Å². The van der Waals surface area contributed by atoms with Gasteiger partial charge in [-0.05, 0) is 31.0 Å². The fourth-order valence-corrected chi connectivity index (χ4v) is 3.39. The number of aryl methyl sites for hydroxylation is 1. The molecular weight excluding hydrogens is 292 g/mol. The highest BCUT2D eigenvalue weighted by molar-refractivity contribution is 6.06. The van der Waals surface area contributed by atoms with Crippen molar-refractivity contribution in [2.24, 2.45) is 7.05 Å². The van der Waals surface area contributed by atoms with Crippen molar-refractivity contribution in [2.75, 3.05) is 13.1 Å². The monoisotopic (exact) mass is 310 g/mol. The predicted molar refractivity (Wildman–Crippen MR) is 85.1 cm³/mol. The molecule has 1 atom stereocenters. The van der Waals surface area contributed by atoms with E-state index in [1.807, 2.05) is 47.0 Å². The lowest BCUT2D eigenvalue weighted by Gasteiger charge is -2.31. The molecule has 118 valence electrons. The molecule has 1 amide bonds. The Balaban J connectivity index is 1.63. The molecule has 1 aliphatic rings. The van der Waals surface area contributed by atoms with Crippen LogP contribution in [-0.4, -0.2) is 38.6 Å². The van der Waals surface area contributed by atoms with Crippen molar-refractivity contribution in [3.63, 3.8) is 0 Å². The number of nitrogens with zero attached hydrogens (tertiary/aromatic N) is 4. The summed E-state index contributed by atoms with van der Waals surface area (Å²) in [7, 11) is 1.99. The largest absolute Gasteiger partial charge is 0.351 e. The maximum Gasteiger partial charge on any atom is 0.254 e. The number of likely N-dealkylation sites (tertiary alicyclic amines) is 1. The average Bonchev–Trinajstić information content (AvgIpc) is 3.25. The first-order valence-electron chi connectivity index (χ1n) is 7.83. The fourth-order valence-electron chi connectivity index (χ4n) is 3.39. The zero-order valence-electron chi connectivity index (χ0n) is 13.0. The molecule has 0 aliphatic carbocycles. The Morgan fingerprint density at radius 2 is 2.26 bits per heavy atom. The third-order valence-corrected chi connectivity index (χ3v) is 4.61. The van der Waals surface area contributed by atoms with Gasteiger partial charge in [0.1, 0.15) is 0 Å². The summed E-state index contributed by atoms with van der Waals surface area (Å²) in [6.45, 7) is 1.41. The minimum Gasteiger partial charge on any atom is -0.351 e. The third kappa shape index (κ3) is 2.40. The van der Waals surface area contributed by atoms with Crippen LogP contribution in [0.1, 0.15) is 34.9 Å². The van der Waals surface area contributed by atoms with Crippen molar-refractivity contribution in [2.45, 2.75) is 18.8 Å². The first-order valence-corrected chi connectivity index (χ1v) is 7.83. The fraction of sp³-hybridized carbons (Fsp3) is 0.353. The quantitative estimate of drug-likeness (QED) is 0.730. The molecule has 6 nitrogen and oxygen atoms in total. The second kappa shape index (κ2) is 5.53. The van der Waals surface area contributed by atoms with Crippen molar-refractivity contribution < 1.29 is 9.32 Å². The van der Waals surface area contributed by atoms with Crippen molar-refractivity contribution >= 4 is 16.8 Å². The van der Waals surface area contributed by atoms with E-state index in [0.717, 1.165) is 35.9 Å². The van der Waals surface area contributed by atoms with Gasteiger partial charge in [0.25, 0.3) is 5.91 Å². The Morgan fingerprint density at radius 1 is 1.35 bits per heavy atom. The number of hydrogen-bond donors (Lipinski definition) is 0. The zero-order valence-corrected chi connectivity index (χ0v) is 13.0. The molecule has 2 aromatic heterocycles. The summed E-state index contributed by atoms with van der Waals surface area (Å²) in [6, 6.07) is 7.88. The molecule has 3 aromatic rings. The number of benzene rings is 1. The number of hydrogen-bond acceptors (Lipinski definition) is 4. The summed E-state index contributed by atoms with van der Waals surface area (Å²) in [6.07, 6.45) is 5.27. The highest BCUT2D eigenvalue weighted by atomic mass is 16.5. The van der Waals surface area contributed by atoms with Gasteiger partial charge in [0.05, 0.1) is 0 Å². The van der Waals surface area contributed by atoms with E-state index < -0.39 is 0 Å². The van der Waals surface area contributed by atoms with E-state index in [1.165, 1.54) is 6.39 Å². The number of fused-ring (bicyclic) bond motifs is 1. The van der Waals surface area contributed by atoms with Crippen LogP contribution >= 0.6 is 0 Å². The Hall–Kier alpha value is -2.63. The van der Waals surface area contributed by atoms with Crippen LogP contribution in [0.2, 0.25) is 0 Å². The molecule has 23 heavy (non-hydrogen) atoms. The molecule has 3 heterocycles. The maximum atomic E-state index is 13.0. The minimum atomic E-state index is 0.0787. The molecule has 0 saturated carbocycles. The average molecular weight is 310 g/mol. The normalized spacial score (nSPS) is 18.5. The van der Waals surface area contributed by atoms with Gasteiger partial charge in [-0.2, -0.15) is 4.98 Å². The maximum absolute atomic E-state index is 13.0. The van der Waals surface area contributed by atoms with Crippen molar-refractivity contribution in [1.29, 1.82) is 0 Å². The van der Waals surface area contributed by atoms with Gasteiger partial charge in [-0.1, -0.05) is 11.2 Å². The third-order valence-electron chi connectivity index (χ3n) is 4.61. The van der Waals surface area contributed by atoms with Gasteiger partial charge in [0.2, 0.25) is 6.39 Å². The molecule has 0 bridgehead atoms. The first kappa shape index (κ1) is 14.0. The van der Waals surface area contributed by atoms with E-state index >= 15 is 0 Å². The van der Waals surface area contributed by atoms with Gasteiger partial charge in [-0.3, -0.25) is 4.79 Å².